The van der Waals surface area contributed by atoms with Crippen LogP contribution in [0.2, 0.25) is 0 Å². The third kappa shape index (κ3) is 6.44. The molecule has 1 fully saturated rings. The molecule has 144 valence electrons. The van der Waals surface area contributed by atoms with Gasteiger partial charge in [0.1, 0.15) is 0 Å². The predicted octanol–water partition coefficient (Wildman–Crippen LogP) is 3.12. The van der Waals surface area contributed by atoms with Crippen molar-refractivity contribution in [2.24, 2.45) is 4.99 Å². The summed E-state index contributed by atoms with van der Waals surface area (Å²) in [5, 5.41) is 9.67. The van der Waals surface area contributed by atoms with Crippen molar-refractivity contribution < 1.29 is 4.79 Å². The Morgan fingerprint density at radius 3 is 2.65 bits per heavy atom. The van der Waals surface area contributed by atoms with Crippen LogP contribution in [0.4, 0.5) is 10.5 Å². The van der Waals surface area contributed by atoms with Crippen molar-refractivity contribution in [2.45, 2.75) is 38.0 Å². The summed E-state index contributed by atoms with van der Waals surface area (Å²) in [6.45, 7) is 7.57. The van der Waals surface area contributed by atoms with Crippen molar-refractivity contribution in [1.82, 2.24) is 15.5 Å². The van der Waals surface area contributed by atoms with Crippen molar-refractivity contribution >= 4 is 29.4 Å². The zero-order chi connectivity index (χ0) is 19.0. The van der Waals surface area contributed by atoms with Gasteiger partial charge in [-0.25, -0.2) is 4.79 Å². The van der Waals surface area contributed by atoms with Crippen molar-refractivity contribution in [3.63, 3.8) is 0 Å². The summed E-state index contributed by atoms with van der Waals surface area (Å²) in [5.74, 6) is 0.777. The van der Waals surface area contributed by atoms with Gasteiger partial charge in [0.05, 0.1) is 0 Å². The molecule has 2 rings (SSSR count). The van der Waals surface area contributed by atoms with Crippen molar-refractivity contribution in [1.29, 1.82) is 0 Å². The van der Waals surface area contributed by atoms with Crippen LogP contribution in [0, 0.1) is 0 Å². The number of amides is 2. The van der Waals surface area contributed by atoms with Gasteiger partial charge in [0.2, 0.25) is 0 Å². The molecule has 0 unspecified atom stereocenters. The number of anilines is 1. The van der Waals surface area contributed by atoms with Gasteiger partial charge in [-0.15, -0.1) is 0 Å². The molecule has 1 aliphatic rings. The van der Waals surface area contributed by atoms with E-state index in [1.807, 2.05) is 40.9 Å². The fraction of sp³-hybridized carbons (Fsp3) is 0.579. The summed E-state index contributed by atoms with van der Waals surface area (Å²) in [4.78, 5) is 18.4. The van der Waals surface area contributed by atoms with Gasteiger partial charge in [0.25, 0.3) is 0 Å². The molecule has 0 spiro atoms. The van der Waals surface area contributed by atoms with Crippen LogP contribution in [0.5, 0.6) is 0 Å². The first-order valence-electron chi connectivity index (χ1n) is 9.08. The largest absolute Gasteiger partial charge is 0.355 e. The van der Waals surface area contributed by atoms with E-state index < -0.39 is 0 Å². The van der Waals surface area contributed by atoms with Crippen LogP contribution < -0.4 is 16.0 Å². The molecule has 0 aromatic heterocycles. The Morgan fingerprint density at radius 1 is 1.27 bits per heavy atom. The molecule has 1 heterocycles. The predicted molar refractivity (Wildman–Crippen MR) is 112 cm³/mol. The third-order valence-electron chi connectivity index (χ3n) is 4.49. The number of carbonyl (C=O) groups excluding carboxylic acids is 1. The maximum atomic E-state index is 12.2. The highest BCUT2D eigenvalue weighted by atomic mass is 32.2. The van der Waals surface area contributed by atoms with Gasteiger partial charge in [-0.1, -0.05) is 12.1 Å². The number of guanidine groups is 1. The number of carbonyl (C=O) groups is 1. The monoisotopic (exact) mass is 377 g/mol. The lowest BCUT2D eigenvalue weighted by molar-refractivity contribution is 0.222. The van der Waals surface area contributed by atoms with Crippen LogP contribution in [0.25, 0.3) is 0 Å². The van der Waals surface area contributed by atoms with Crippen LogP contribution in [-0.4, -0.2) is 54.6 Å². The molecule has 1 aliphatic heterocycles. The van der Waals surface area contributed by atoms with Crippen molar-refractivity contribution in [3.8, 4) is 0 Å². The third-order valence-corrected chi connectivity index (χ3v) is 5.74. The highest BCUT2D eigenvalue weighted by Gasteiger charge is 2.18. The lowest BCUT2D eigenvalue weighted by Gasteiger charge is -2.23. The second kappa shape index (κ2) is 9.71. The number of rotatable bonds is 6. The minimum atomic E-state index is -0.00983. The molecular formula is C19H31N5OS. The molecule has 7 heteroatoms. The zero-order valence-corrected chi connectivity index (χ0v) is 17.1. The number of nitrogens with one attached hydrogen (secondary N) is 3. The van der Waals surface area contributed by atoms with E-state index >= 15 is 0 Å². The molecule has 3 N–H and O–H groups in total. The minimum Gasteiger partial charge on any atom is -0.355 e. The van der Waals surface area contributed by atoms with Gasteiger partial charge in [-0.2, -0.15) is 11.8 Å². The summed E-state index contributed by atoms with van der Waals surface area (Å²) in [5.41, 5.74) is 1.92. The Labute approximate surface area is 161 Å². The molecule has 0 atom stereocenters. The average molecular weight is 378 g/mol. The number of likely N-dealkylation sites (tertiary alicyclic amines) is 1. The number of nitrogens with zero attached hydrogens (tertiary/aromatic N) is 2. The standard InChI is InChI=1S/C19H31N5OS/c1-19(2,26-4)14-22-17(20-3)21-13-15-8-7-9-16(12-15)23-18(25)24-10-5-6-11-24/h7-9,12H,5-6,10-11,13-14H2,1-4H3,(H,23,25)(H2,20,21,22). The average Bonchev–Trinajstić information content (AvgIpc) is 3.17. The number of benzene rings is 1. The van der Waals surface area contributed by atoms with E-state index in [1.54, 1.807) is 7.05 Å². The Bertz CT molecular complexity index is 626. The van der Waals surface area contributed by atoms with E-state index in [-0.39, 0.29) is 10.8 Å². The van der Waals surface area contributed by atoms with Crippen LogP contribution in [-0.2, 0) is 6.54 Å². The van der Waals surface area contributed by atoms with E-state index in [1.165, 1.54) is 0 Å². The van der Waals surface area contributed by atoms with Gasteiger partial charge in [0, 0.05) is 43.7 Å². The smallest absolute Gasteiger partial charge is 0.321 e. The Balaban J connectivity index is 1.86. The van der Waals surface area contributed by atoms with Crippen LogP contribution in [0.15, 0.2) is 29.3 Å². The number of urea groups is 1. The maximum Gasteiger partial charge on any atom is 0.321 e. The number of hydrogen-bond acceptors (Lipinski definition) is 3. The van der Waals surface area contributed by atoms with Gasteiger partial charge < -0.3 is 20.9 Å². The number of thioether (sulfide) groups is 1. The Hall–Kier alpha value is -1.89. The van der Waals surface area contributed by atoms with E-state index in [2.05, 4.69) is 41.0 Å². The van der Waals surface area contributed by atoms with Crippen molar-refractivity contribution in [2.75, 3.05) is 38.3 Å². The first-order chi connectivity index (χ1) is 12.4. The summed E-state index contributed by atoms with van der Waals surface area (Å²) in [6.07, 6.45) is 4.30. The number of hydrogen-bond donors (Lipinski definition) is 3. The molecule has 0 bridgehead atoms. The lowest BCUT2D eigenvalue weighted by atomic mass is 10.2. The molecule has 0 saturated carbocycles. The van der Waals surface area contributed by atoms with Gasteiger partial charge in [-0.3, -0.25) is 4.99 Å². The van der Waals surface area contributed by atoms with E-state index in [4.69, 9.17) is 0 Å². The van der Waals surface area contributed by atoms with Crippen LogP contribution in [0.1, 0.15) is 32.3 Å². The number of aliphatic imine (C=N–C) groups is 1. The maximum absolute atomic E-state index is 12.2. The minimum absolute atomic E-state index is 0.00983. The Kier molecular flexibility index (Phi) is 7.63. The molecular weight excluding hydrogens is 346 g/mol. The molecule has 0 aliphatic carbocycles. The van der Waals surface area contributed by atoms with Crippen molar-refractivity contribution in [3.05, 3.63) is 29.8 Å². The van der Waals surface area contributed by atoms with Gasteiger partial charge in [-0.05, 0) is 50.6 Å². The zero-order valence-electron chi connectivity index (χ0n) is 16.3. The molecule has 0 radical (unpaired) electrons. The molecule has 6 nitrogen and oxygen atoms in total. The first-order valence-corrected chi connectivity index (χ1v) is 10.3. The topological polar surface area (TPSA) is 68.8 Å². The van der Waals surface area contributed by atoms with E-state index in [0.29, 0.717) is 6.54 Å². The molecule has 1 aromatic rings. The quantitative estimate of drug-likeness (QED) is 0.526. The van der Waals surface area contributed by atoms with Crippen LogP contribution in [0.3, 0.4) is 0 Å². The second-order valence-electron chi connectivity index (χ2n) is 7.07. The van der Waals surface area contributed by atoms with E-state index in [0.717, 1.165) is 49.7 Å². The van der Waals surface area contributed by atoms with Gasteiger partial charge >= 0.3 is 6.03 Å². The van der Waals surface area contributed by atoms with Gasteiger partial charge in [0.15, 0.2) is 5.96 Å². The highest BCUT2D eigenvalue weighted by Crippen LogP contribution is 2.19. The summed E-state index contributed by atoms with van der Waals surface area (Å²) in [7, 11) is 1.77. The summed E-state index contributed by atoms with van der Waals surface area (Å²) < 4.78 is 0.150. The first kappa shape index (κ1) is 20.4. The summed E-state index contributed by atoms with van der Waals surface area (Å²) in [6, 6.07) is 7.91. The second-order valence-corrected chi connectivity index (χ2v) is 8.58. The molecule has 2 amide bonds. The normalized spacial score (nSPS) is 15.1. The van der Waals surface area contributed by atoms with Crippen LogP contribution >= 0.6 is 11.8 Å². The Morgan fingerprint density at radius 2 is 2.00 bits per heavy atom. The lowest BCUT2D eigenvalue weighted by Crippen LogP contribution is -2.43. The molecule has 26 heavy (non-hydrogen) atoms. The molecule has 1 aromatic carbocycles. The fourth-order valence-electron chi connectivity index (χ4n) is 2.66. The molecule has 1 saturated heterocycles. The highest BCUT2D eigenvalue weighted by molar-refractivity contribution is 7.99. The summed E-state index contributed by atoms with van der Waals surface area (Å²) >= 11 is 1.82. The van der Waals surface area contributed by atoms with E-state index in [9.17, 15) is 4.79 Å². The fourth-order valence-corrected chi connectivity index (χ4v) is 2.87. The SMILES string of the molecule is CN=C(NCc1cccc(NC(=O)N2CCCC2)c1)NCC(C)(C)SC.